The summed E-state index contributed by atoms with van der Waals surface area (Å²) in [5.74, 6) is -15.7. The summed E-state index contributed by atoms with van der Waals surface area (Å²) in [5, 5.41) is -4.89. The molecule has 0 aliphatic carbocycles. The van der Waals surface area contributed by atoms with Crippen LogP contribution in [0.1, 0.15) is 20.3 Å². The third-order valence-corrected chi connectivity index (χ3v) is 4.14. The molecule has 0 heterocycles. The van der Waals surface area contributed by atoms with Crippen LogP contribution < -0.4 is 5.32 Å². The van der Waals surface area contributed by atoms with Crippen LogP contribution in [0, 0.1) is 0 Å². The van der Waals surface area contributed by atoms with Gasteiger partial charge in [0.25, 0.3) is 0 Å². The van der Waals surface area contributed by atoms with Gasteiger partial charge in [0, 0.05) is 12.0 Å². The highest BCUT2D eigenvalue weighted by atomic mass is 32.2. The minimum atomic E-state index is -6.94. The van der Waals surface area contributed by atoms with Gasteiger partial charge in [0.15, 0.2) is 10.1 Å². The molecule has 0 aromatic heterocycles. The first-order valence-corrected chi connectivity index (χ1v) is 9.11. The topological polar surface area (TPSA) is 139 Å². The molecule has 9 nitrogen and oxygen atoms in total. The van der Waals surface area contributed by atoms with E-state index in [0.717, 1.165) is 13.8 Å². The molecule has 1 atom stereocenters. The number of nitrogens with one attached hydrogen (secondary N) is 1. The molecule has 1 amide bonds. The SMILES string of the molecule is C=C(C)C(=O)OC(OCCC(F)(F)C(F)(F)S(=O)(=O)[O-])(C(=O)NCC(C)=O)C(F)(F)F. The van der Waals surface area contributed by atoms with E-state index in [4.69, 9.17) is 0 Å². The fraction of sp³-hybridized carbons (Fsp3) is 0.643. The van der Waals surface area contributed by atoms with E-state index in [1.807, 2.05) is 0 Å². The Kier molecular flexibility index (Phi) is 8.78. The number of hydrogen-bond acceptors (Lipinski definition) is 8. The quantitative estimate of drug-likeness (QED) is 0.150. The van der Waals surface area contributed by atoms with Crippen molar-refractivity contribution in [1.82, 2.24) is 5.32 Å². The zero-order chi connectivity index (χ0) is 25.1. The number of carbonyl (C=O) groups excluding carboxylic acids is 3. The molecular formula is C14H15F7NO8S-. The summed E-state index contributed by atoms with van der Waals surface area (Å²) >= 11 is 0. The van der Waals surface area contributed by atoms with Crippen molar-refractivity contribution in [3.8, 4) is 0 Å². The van der Waals surface area contributed by atoms with Crippen molar-refractivity contribution in [1.29, 1.82) is 0 Å². The highest BCUT2D eigenvalue weighted by Gasteiger charge is 2.67. The van der Waals surface area contributed by atoms with E-state index in [9.17, 15) is 58.1 Å². The zero-order valence-electron chi connectivity index (χ0n) is 15.6. The van der Waals surface area contributed by atoms with Crippen molar-refractivity contribution in [2.45, 2.75) is 43.4 Å². The van der Waals surface area contributed by atoms with Crippen LogP contribution in [0.3, 0.4) is 0 Å². The summed E-state index contributed by atoms with van der Waals surface area (Å²) in [4.78, 5) is 34.4. The highest BCUT2D eigenvalue weighted by Crippen LogP contribution is 2.42. The molecule has 1 unspecified atom stereocenters. The Morgan fingerprint density at radius 3 is 1.87 bits per heavy atom. The largest absolute Gasteiger partial charge is 0.743 e. The number of amides is 1. The highest BCUT2D eigenvalue weighted by molar-refractivity contribution is 7.86. The van der Waals surface area contributed by atoms with E-state index in [1.54, 1.807) is 0 Å². The number of halogens is 7. The number of esters is 1. The van der Waals surface area contributed by atoms with Gasteiger partial charge >= 0.3 is 35.0 Å². The normalized spacial score (nSPS) is 15.0. The molecule has 0 spiro atoms. The van der Waals surface area contributed by atoms with Gasteiger partial charge in [0.1, 0.15) is 5.78 Å². The van der Waals surface area contributed by atoms with Gasteiger partial charge in [-0.2, -0.15) is 30.7 Å². The second kappa shape index (κ2) is 9.47. The molecule has 0 saturated carbocycles. The van der Waals surface area contributed by atoms with E-state index >= 15 is 0 Å². The van der Waals surface area contributed by atoms with Crippen LogP contribution in [-0.2, 0) is 34.0 Å². The summed E-state index contributed by atoms with van der Waals surface area (Å²) < 4.78 is 133. The maximum atomic E-state index is 13.6. The lowest BCUT2D eigenvalue weighted by molar-refractivity contribution is -0.349. The van der Waals surface area contributed by atoms with Crippen molar-refractivity contribution < 1.29 is 67.6 Å². The Bertz CT molecular complexity index is 840. The Labute approximate surface area is 170 Å². The van der Waals surface area contributed by atoms with E-state index in [1.165, 1.54) is 5.32 Å². The predicted octanol–water partition coefficient (Wildman–Crippen LogP) is 1.25. The fourth-order valence-corrected chi connectivity index (χ4v) is 2.07. The van der Waals surface area contributed by atoms with E-state index in [0.29, 0.717) is 0 Å². The second-order valence-electron chi connectivity index (χ2n) is 5.94. The molecule has 0 aliphatic heterocycles. The molecule has 0 aromatic carbocycles. The number of Topliss-reactive ketones (excluding diaryl/α,β-unsaturated/α-hetero) is 1. The molecule has 17 heteroatoms. The molecule has 0 fully saturated rings. The number of ether oxygens (including phenoxy) is 2. The lowest BCUT2D eigenvalue weighted by atomic mass is 10.2. The summed E-state index contributed by atoms with van der Waals surface area (Å²) in [6, 6.07) is 0. The summed E-state index contributed by atoms with van der Waals surface area (Å²) in [5.41, 5.74) is -0.731. The van der Waals surface area contributed by atoms with Crippen molar-refractivity contribution in [2.75, 3.05) is 13.2 Å². The molecule has 0 aromatic rings. The van der Waals surface area contributed by atoms with Gasteiger partial charge in [0.05, 0.1) is 13.2 Å². The van der Waals surface area contributed by atoms with E-state index in [2.05, 4.69) is 16.1 Å². The molecule has 180 valence electrons. The number of ketones is 1. The molecular weight excluding hydrogens is 475 g/mol. The zero-order valence-corrected chi connectivity index (χ0v) is 16.5. The van der Waals surface area contributed by atoms with Crippen LogP contribution in [0.2, 0.25) is 0 Å². The summed E-state index contributed by atoms with van der Waals surface area (Å²) in [6.45, 7) is 1.36. The van der Waals surface area contributed by atoms with Gasteiger partial charge in [-0.15, -0.1) is 0 Å². The maximum Gasteiger partial charge on any atom is 0.466 e. The molecule has 0 aliphatic rings. The summed E-state index contributed by atoms with van der Waals surface area (Å²) in [7, 11) is -6.94. The van der Waals surface area contributed by atoms with Crippen LogP contribution in [0.4, 0.5) is 30.7 Å². The van der Waals surface area contributed by atoms with Crippen LogP contribution >= 0.6 is 0 Å². The molecule has 0 saturated heterocycles. The molecule has 0 bridgehead atoms. The Morgan fingerprint density at radius 1 is 1.03 bits per heavy atom. The standard InChI is InChI=1S/C14H16F7NO8S/c1-7(2)9(24)30-12(13(17,18)19,10(25)22-6-8(3)23)29-5-4-11(15,16)14(20,21)31(26,27)28/h1,4-6H2,2-3H3,(H,22,25)(H,26,27,28)/p-1. The minimum absolute atomic E-state index is 0.731. The monoisotopic (exact) mass is 490 g/mol. The minimum Gasteiger partial charge on any atom is -0.743 e. The van der Waals surface area contributed by atoms with Gasteiger partial charge in [0.2, 0.25) is 0 Å². The van der Waals surface area contributed by atoms with Crippen LogP contribution in [0.15, 0.2) is 12.2 Å². The van der Waals surface area contributed by atoms with E-state index < -0.39 is 76.1 Å². The van der Waals surface area contributed by atoms with E-state index in [-0.39, 0.29) is 0 Å². The molecule has 0 radical (unpaired) electrons. The van der Waals surface area contributed by atoms with Gasteiger partial charge < -0.3 is 19.3 Å². The molecule has 31 heavy (non-hydrogen) atoms. The second-order valence-corrected chi connectivity index (χ2v) is 7.36. The average Bonchev–Trinajstić information content (AvgIpc) is 2.55. The van der Waals surface area contributed by atoms with Gasteiger partial charge in [-0.1, -0.05) is 6.58 Å². The fourth-order valence-electron chi connectivity index (χ4n) is 1.60. The first kappa shape index (κ1) is 28.7. The van der Waals surface area contributed by atoms with Gasteiger partial charge in [-0.25, -0.2) is 13.2 Å². The first-order chi connectivity index (χ1) is 13.6. The number of carbonyl (C=O) groups is 3. The number of alkyl halides is 7. The van der Waals surface area contributed by atoms with Gasteiger partial charge in [-0.3, -0.25) is 9.59 Å². The maximum absolute atomic E-state index is 13.6. The van der Waals surface area contributed by atoms with Crippen LogP contribution in [0.25, 0.3) is 0 Å². The average molecular weight is 490 g/mol. The van der Waals surface area contributed by atoms with Crippen molar-refractivity contribution in [3.05, 3.63) is 12.2 Å². The molecule has 1 N–H and O–H groups in total. The van der Waals surface area contributed by atoms with Crippen molar-refractivity contribution in [2.24, 2.45) is 0 Å². The number of rotatable bonds is 11. The number of hydrogen-bond donors (Lipinski definition) is 1. The van der Waals surface area contributed by atoms with Crippen molar-refractivity contribution >= 4 is 27.8 Å². The van der Waals surface area contributed by atoms with Crippen LogP contribution in [-0.4, -0.2) is 66.9 Å². The third kappa shape index (κ3) is 6.60. The lowest BCUT2D eigenvalue weighted by Gasteiger charge is -2.34. The van der Waals surface area contributed by atoms with Crippen LogP contribution in [0.5, 0.6) is 0 Å². The van der Waals surface area contributed by atoms with Gasteiger partial charge in [-0.05, 0) is 13.8 Å². The first-order valence-electron chi connectivity index (χ1n) is 7.70. The predicted molar refractivity (Wildman–Crippen MR) is 83.5 cm³/mol. The smallest absolute Gasteiger partial charge is 0.466 e. The summed E-state index contributed by atoms with van der Waals surface area (Å²) in [6.07, 6.45) is -8.54. The van der Waals surface area contributed by atoms with Crippen molar-refractivity contribution in [3.63, 3.8) is 0 Å². The lowest BCUT2D eigenvalue weighted by Crippen LogP contribution is -2.62. The Hall–Kier alpha value is -2.27. The molecule has 0 rings (SSSR count). The Morgan fingerprint density at radius 2 is 1.52 bits per heavy atom. The third-order valence-electron chi connectivity index (χ3n) is 3.22. The Balaban J connectivity index is 6.05.